The van der Waals surface area contributed by atoms with Crippen molar-refractivity contribution in [3.63, 3.8) is 0 Å². The molecule has 0 aliphatic carbocycles. The van der Waals surface area contributed by atoms with Crippen LogP contribution in [0, 0.1) is 5.82 Å². The van der Waals surface area contributed by atoms with E-state index >= 15 is 4.39 Å². The maximum absolute atomic E-state index is 15.3. The van der Waals surface area contributed by atoms with E-state index in [4.69, 9.17) is 0 Å². The van der Waals surface area contributed by atoms with Gasteiger partial charge in [-0.25, -0.2) is 9.18 Å². The molecule has 0 spiro atoms. The fourth-order valence-corrected chi connectivity index (χ4v) is 5.12. The number of anilines is 2. The Bertz CT molecular complexity index is 2100. The van der Waals surface area contributed by atoms with E-state index in [-0.39, 0.29) is 33.6 Å². The minimum absolute atomic E-state index is 0.100. The summed E-state index contributed by atoms with van der Waals surface area (Å²) in [5, 5.41) is 18.1. The highest BCUT2D eigenvalue weighted by Crippen LogP contribution is 2.31. The van der Waals surface area contributed by atoms with Gasteiger partial charge in [0.1, 0.15) is 17.3 Å². The molecule has 11 heteroatoms. The molecule has 0 atom stereocenters. The summed E-state index contributed by atoms with van der Waals surface area (Å²) >= 11 is 0. The Morgan fingerprint density at radius 2 is 1.70 bits per heavy atom. The van der Waals surface area contributed by atoms with Gasteiger partial charge >= 0.3 is 5.69 Å². The molecule has 0 aliphatic rings. The molecular weight excluding hydrogens is 563 g/mol. The zero-order valence-electron chi connectivity index (χ0n) is 25.8. The van der Waals surface area contributed by atoms with Gasteiger partial charge in [-0.3, -0.25) is 14.2 Å². The van der Waals surface area contributed by atoms with Crippen LogP contribution in [0.15, 0.2) is 75.4 Å². The van der Waals surface area contributed by atoms with Crippen molar-refractivity contribution in [2.24, 2.45) is 7.05 Å². The van der Waals surface area contributed by atoms with E-state index in [0.29, 0.717) is 22.1 Å². The molecule has 3 aromatic heterocycles. The smallest absolute Gasteiger partial charge is 0.349 e. The monoisotopic (exact) mass is 598 g/mol. The van der Waals surface area contributed by atoms with Gasteiger partial charge < -0.3 is 15.0 Å². The Hall–Kier alpha value is -4.90. The zero-order valence-corrected chi connectivity index (χ0v) is 25.8. The van der Waals surface area contributed by atoms with Gasteiger partial charge in [0.2, 0.25) is 0 Å². The number of pyridine rings is 1. The van der Waals surface area contributed by atoms with Gasteiger partial charge in [-0.05, 0) is 67.6 Å². The molecule has 44 heavy (non-hydrogen) atoms. The van der Waals surface area contributed by atoms with Crippen LogP contribution in [0.4, 0.5) is 15.9 Å². The predicted molar refractivity (Wildman–Crippen MR) is 169 cm³/mol. The summed E-state index contributed by atoms with van der Waals surface area (Å²) in [6, 6.07) is 11.4. The molecule has 5 rings (SSSR count). The minimum atomic E-state index is -0.661. The molecule has 2 aromatic carbocycles. The van der Waals surface area contributed by atoms with E-state index in [1.165, 1.54) is 21.4 Å². The lowest BCUT2D eigenvalue weighted by molar-refractivity contribution is 0.282. The Balaban J connectivity index is 1.62. The summed E-state index contributed by atoms with van der Waals surface area (Å²) in [6.45, 7) is 11.1. The maximum atomic E-state index is 15.3. The average Bonchev–Trinajstić information content (AvgIpc) is 2.93. The summed E-state index contributed by atoms with van der Waals surface area (Å²) in [6.07, 6.45) is 4.65. The molecule has 0 amide bonds. The van der Waals surface area contributed by atoms with Gasteiger partial charge in [0.05, 0.1) is 23.9 Å². The van der Waals surface area contributed by atoms with E-state index in [0.717, 1.165) is 10.2 Å². The summed E-state index contributed by atoms with van der Waals surface area (Å²) < 4.78 is 19.2. The van der Waals surface area contributed by atoms with Crippen molar-refractivity contribution < 1.29 is 9.50 Å². The van der Waals surface area contributed by atoms with E-state index in [2.05, 4.69) is 15.4 Å². The van der Waals surface area contributed by atoms with Crippen LogP contribution >= 0.6 is 0 Å². The quantitative estimate of drug-likeness (QED) is 0.300. The van der Waals surface area contributed by atoms with Crippen LogP contribution in [-0.2, 0) is 24.6 Å². The standard InChI is InChI=1S/C33H35FN6O4/c1-32(2,3)21-13-19-16-35-40(30(43)28(19)24(34)15-21)26-10-8-9-22(23(26)18-41)20-14-25(29(42)38(7)17-20)36-27-11-12-39(31(44)37-27)33(4,5)6/h8-17,41H,18H2,1-7H3,(H,36,37,44). The fourth-order valence-electron chi connectivity index (χ4n) is 5.12. The molecule has 0 radical (unpaired) electrons. The number of hydrogen-bond donors (Lipinski definition) is 2. The van der Waals surface area contributed by atoms with Crippen LogP contribution in [0.2, 0.25) is 0 Å². The number of aromatic nitrogens is 5. The maximum Gasteiger partial charge on any atom is 0.349 e. The topological polar surface area (TPSA) is 124 Å². The Morgan fingerprint density at radius 3 is 2.34 bits per heavy atom. The van der Waals surface area contributed by atoms with Crippen molar-refractivity contribution in [1.29, 1.82) is 0 Å². The van der Waals surface area contributed by atoms with E-state index in [9.17, 15) is 19.5 Å². The highest BCUT2D eigenvalue weighted by Gasteiger charge is 2.21. The van der Waals surface area contributed by atoms with Gasteiger partial charge in [-0.15, -0.1) is 0 Å². The second kappa shape index (κ2) is 11.0. The molecule has 0 aliphatic heterocycles. The molecular formula is C33H35FN6O4. The second-order valence-corrected chi connectivity index (χ2v) is 12.8. The molecule has 0 saturated carbocycles. The first-order valence-corrected chi connectivity index (χ1v) is 14.1. The number of rotatable bonds is 5. The second-order valence-electron chi connectivity index (χ2n) is 12.8. The number of aryl methyl sites for hydroxylation is 1. The number of aliphatic hydroxyl groups is 1. The normalized spacial score (nSPS) is 12.1. The van der Waals surface area contributed by atoms with Crippen molar-refractivity contribution >= 4 is 22.3 Å². The molecule has 3 heterocycles. The van der Waals surface area contributed by atoms with E-state index in [1.807, 2.05) is 41.5 Å². The third-order valence-electron chi connectivity index (χ3n) is 7.53. The van der Waals surface area contributed by atoms with Crippen LogP contribution in [0.25, 0.3) is 27.6 Å². The van der Waals surface area contributed by atoms with Gasteiger partial charge in [0.25, 0.3) is 11.1 Å². The van der Waals surface area contributed by atoms with Crippen molar-refractivity contribution in [2.75, 3.05) is 5.32 Å². The number of nitrogens with zero attached hydrogens (tertiary/aromatic N) is 5. The Labute approximate surface area is 253 Å². The highest BCUT2D eigenvalue weighted by molar-refractivity contribution is 5.83. The molecule has 2 N–H and O–H groups in total. The van der Waals surface area contributed by atoms with Crippen LogP contribution in [0.1, 0.15) is 52.7 Å². The van der Waals surface area contributed by atoms with E-state index < -0.39 is 29.2 Å². The lowest BCUT2D eigenvalue weighted by Gasteiger charge is -2.21. The van der Waals surface area contributed by atoms with Gasteiger partial charge in [-0.1, -0.05) is 32.9 Å². The third kappa shape index (κ3) is 5.58. The lowest BCUT2D eigenvalue weighted by atomic mass is 9.86. The van der Waals surface area contributed by atoms with Gasteiger partial charge in [0, 0.05) is 41.5 Å². The largest absolute Gasteiger partial charge is 0.392 e. The summed E-state index contributed by atoms with van der Waals surface area (Å²) in [7, 11) is 1.58. The molecule has 0 saturated heterocycles. The summed E-state index contributed by atoms with van der Waals surface area (Å²) in [5.74, 6) is -0.447. The van der Waals surface area contributed by atoms with Crippen LogP contribution in [0.5, 0.6) is 0 Å². The average molecular weight is 599 g/mol. The first-order valence-electron chi connectivity index (χ1n) is 14.1. The molecule has 0 unspecified atom stereocenters. The third-order valence-corrected chi connectivity index (χ3v) is 7.53. The minimum Gasteiger partial charge on any atom is -0.392 e. The van der Waals surface area contributed by atoms with Crippen molar-refractivity contribution in [1.82, 2.24) is 23.9 Å². The molecule has 0 fully saturated rings. The predicted octanol–water partition coefficient (Wildman–Crippen LogP) is 4.74. The van der Waals surface area contributed by atoms with Crippen molar-refractivity contribution in [3.8, 4) is 16.8 Å². The molecule has 10 nitrogen and oxygen atoms in total. The van der Waals surface area contributed by atoms with Crippen molar-refractivity contribution in [3.05, 3.63) is 109 Å². The SMILES string of the molecule is Cn1cc(-c2cccc(-n3ncc4cc(C(C)(C)C)cc(F)c4c3=O)c2CO)cc(Nc2ccn(C(C)(C)C)c(=O)n2)c1=O. The number of benzene rings is 2. The number of nitrogens with one attached hydrogen (secondary N) is 1. The summed E-state index contributed by atoms with van der Waals surface area (Å²) in [5.41, 5.74) is 0.292. The Kier molecular flexibility index (Phi) is 7.63. The molecule has 228 valence electrons. The van der Waals surface area contributed by atoms with Gasteiger partial charge in [0.15, 0.2) is 0 Å². The molecule has 5 aromatic rings. The number of hydrogen-bond acceptors (Lipinski definition) is 7. The van der Waals surface area contributed by atoms with E-state index in [1.54, 1.807) is 55.8 Å². The fraction of sp³-hybridized carbons (Fsp3) is 0.303. The first-order chi connectivity index (χ1) is 20.6. The van der Waals surface area contributed by atoms with Gasteiger partial charge in [-0.2, -0.15) is 14.8 Å². The number of fused-ring (bicyclic) bond motifs is 1. The van der Waals surface area contributed by atoms with Crippen molar-refractivity contribution in [2.45, 2.75) is 59.1 Å². The van der Waals surface area contributed by atoms with Crippen LogP contribution in [-0.4, -0.2) is 29.0 Å². The summed E-state index contributed by atoms with van der Waals surface area (Å²) in [4.78, 5) is 43.3. The van der Waals surface area contributed by atoms with Crippen LogP contribution in [0.3, 0.4) is 0 Å². The number of halogens is 1. The van der Waals surface area contributed by atoms with Crippen LogP contribution < -0.4 is 22.1 Å². The molecule has 0 bridgehead atoms. The zero-order chi connectivity index (χ0) is 32.1. The highest BCUT2D eigenvalue weighted by atomic mass is 19.1. The first kappa shape index (κ1) is 30.6. The lowest BCUT2D eigenvalue weighted by Crippen LogP contribution is -2.35. The Morgan fingerprint density at radius 1 is 0.977 bits per heavy atom. The number of aliphatic hydroxyl groups excluding tert-OH is 1.